The second kappa shape index (κ2) is 5.22. The molecular weight excluding hydrogens is 264 g/mol. The predicted octanol–water partition coefficient (Wildman–Crippen LogP) is 0.267. The number of nitrogens with one attached hydrogen (secondary N) is 1. The summed E-state index contributed by atoms with van der Waals surface area (Å²) in [5.41, 5.74) is 1.28. The summed E-state index contributed by atoms with van der Waals surface area (Å²) < 4.78 is 28.6. The molecule has 0 unspecified atom stereocenters. The van der Waals surface area contributed by atoms with Crippen molar-refractivity contribution in [3.05, 3.63) is 11.4 Å². The maximum atomic E-state index is 12.7. The monoisotopic (exact) mass is 286 g/mol. The molecule has 1 aromatic heterocycles. The lowest BCUT2D eigenvalue weighted by Gasteiger charge is -2.17. The molecule has 0 bridgehead atoms. The van der Waals surface area contributed by atoms with Crippen molar-refractivity contribution in [3.8, 4) is 0 Å². The van der Waals surface area contributed by atoms with Gasteiger partial charge in [-0.25, -0.2) is 8.42 Å². The van der Waals surface area contributed by atoms with Gasteiger partial charge in [0.1, 0.15) is 4.90 Å². The molecule has 2 heterocycles. The van der Waals surface area contributed by atoms with Crippen LogP contribution < -0.4 is 5.32 Å². The van der Waals surface area contributed by atoms with Crippen LogP contribution in [0.2, 0.25) is 0 Å². The quantitative estimate of drug-likeness (QED) is 0.862. The van der Waals surface area contributed by atoms with Gasteiger partial charge in [0.25, 0.3) is 0 Å². The minimum absolute atomic E-state index is 0.375. The smallest absolute Gasteiger partial charge is 0.246 e. The van der Waals surface area contributed by atoms with Crippen molar-refractivity contribution in [2.45, 2.75) is 25.2 Å². The molecule has 2 rings (SSSR count). The summed E-state index contributed by atoms with van der Waals surface area (Å²) in [7, 11) is 0.260. The lowest BCUT2D eigenvalue weighted by Crippen LogP contribution is -2.31. The highest BCUT2D eigenvalue weighted by Gasteiger charge is 2.35. The van der Waals surface area contributed by atoms with Crippen molar-refractivity contribution in [1.29, 1.82) is 0 Å². The van der Waals surface area contributed by atoms with Crippen molar-refractivity contribution >= 4 is 10.0 Å². The molecule has 1 atom stereocenters. The highest BCUT2D eigenvalue weighted by Crippen LogP contribution is 2.27. The van der Waals surface area contributed by atoms with Gasteiger partial charge in [-0.15, -0.1) is 0 Å². The summed E-state index contributed by atoms with van der Waals surface area (Å²) in [6, 6.07) is 0. The fraction of sp³-hybridized carbons (Fsp3) is 0.750. The minimum atomic E-state index is -3.41. The van der Waals surface area contributed by atoms with Crippen LogP contribution in [0, 0.1) is 19.8 Å². The largest absolute Gasteiger partial charge is 0.319 e. The Morgan fingerprint density at radius 1 is 1.42 bits per heavy atom. The van der Waals surface area contributed by atoms with Gasteiger partial charge in [-0.3, -0.25) is 4.68 Å². The number of rotatable bonds is 4. The van der Waals surface area contributed by atoms with Crippen LogP contribution in [0.1, 0.15) is 17.8 Å². The lowest BCUT2D eigenvalue weighted by molar-refractivity contribution is 0.450. The maximum absolute atomic E-state index is 12.7. The first-order chi connectivity index (χ1) is 8.87. The Bertz CT molecular complexity index is 565. The fourth-order valence-corrected chi connectivity index (χ4v) is 4.66. The van der Waals surface area contributed by atoms with Crippen LogP contribution in [0.4, 0.5) is 0 Å². The first-order valence-corrected chi connectivity index (χ1v) is 7.97. The zero-order valence-corrected chi connectivity index (χ0v) is 12.8. The van der Waals surface area contributed by atoms with E-state index < -0.39 is 10.0 Å². The van der Waals surface area contributed by atoms with Crippen LogP contribution in [0.3, 0.4) is 0 Å². The average molecular weight is 286 g/mol. The molecule has 0 amide bonds. The number of hydrogen-bond acceptors (Lipinski definition) is 4. The van der Waals surface area contributed by atoms with E-state index >= 15 is 0 Å². The molecule has 108 valence electrons. The third kappa shape index (κ3) is 2.54. The molecule has 1 aliphatic heterocycles. The summed E-state index contributed by atoms with van der Waals surface area (Å²) in [6.07, 6.45) is 0.915. The van der Waals surface area contributed by atoms with Gasteiger partial charge in [0, 0.05) is 20.1 Å². The number of aryl methyl sites for hydroxylation is 2. The Morgan fingerprint density at radius 3 is 2.63 bits per heavy atom. The van der Waals surface area contributed by atoms with Gasteiger partial charge in [-0.1, -0.05) is 0 Å². The summed E-state index contributed by atoms with van der Waals surface area (Å²) >= 11 is 0. The van der Waals surface area contributed by atoms with Gasteiger partial charge >= 0.3 is 0 Å². The van der Waals surface area contributed by atoms with Crippen LogP contribution in [0.25, 0.3) is 0 Å². The highest BCUT2D eigenvalue weighted by molar-refractivity contribution is 7.89. The van der Waals surface area contributed by atoms with E-state index in [4.69, 9.17) is 0 Å². The van der Waals surface area contributed by atoms with E-state index in [9.17, 15) is 8.42 Å². The van der Waals surface area contributed by atoms with E-state index in [0.29, 0.717) is 35.3 Å². The van der Waals surface area contributed by atoms with Gasteiger partial charge in [-0.05, 0) is 39.8 Å². The zero-order chi connectivity index (χ0) is 14.2. The third-order valence-corrected chi connectivity index (χ3v) is 5.90. The van der Waals surface area contributed by atoms with Crippen molar-refractivity contribution in [1.82, 2.24) is 19.4 Å². The molecule has 7 heteroatoms. The van der Waals surface area contributed by atoms with E-state index in [1.807, 2.05) is 7.05 Å². The van der Waals surface area contributed by atoms with E-state index in [1.54, 1.807) is 29.9 Å². The minimum Gasteiger partial charge on any atom is -0.319 e. The van der Waals surface area contributed by atoms with Crippen LogP contribution in [0.5, 0.6) is 0 Å². The Labute approximate surface area is 114 Å². The van der Waals surface area contributed by atoms with Gasteiger partial charge in [0.15, 0.2) is 0 Å². The fourth-order valence-electron chi connectivity index (χ4n) is 2.73. The lowest BCUT2D eigenvalue weighted by atomic mass is 10.1. The van der Waals surface area contributed by atoms with E-state index in [2.05, 4.69) is 10.4 Å². The van der Waals surface area contributed by atoms with Gasteiger partial charge < -0.3 is 5.32 Å². The van der Waals surface area contributed by atoms with Crippen LogP contribution >= 0.6 is 0 Å². The highest BCUT2D eigenvalue weighted by atomic mass is 32.2. The summed E-state index contributed by atoms with van der Waals surface area (Å²) in [4.78, 5) is 0.375. The van der Waals surface area contributed by atoms with E-state index in [-0.39, 0.29) is 0 Å². The molecule has 6 nitrogen and oxygen atoms in total. The van der Waals surface area contributed by atoms with Gasteiger partial charge in [-0.2, -0.15) is 9.40 Å². The average Bonchev–Trinajstić information content (AvgIpc) is 2.87. The number of sulfonamides is 1. The molecular formula is C12H22N4O2S. The van der Waals surface area contributed by atoms with Crippen molar-refractivity contribution in [3.63, 3.8) is 0 Å². The van der Waals surface area contributed by atoms with Crippen LogP contribution in [0.15, 0.2) is 4.90 Å². The SMILES string of the molecule is CNC[C@@H]1CCN(S(=O)(=O)c2c(C)nn(C)c2C)C1. The van der Waals surface area contributed by atoms with Crippen LogP contribution in [-0.2, 0) is 17.1 Å². The normalized spacial score (nSPS) is 21.2. The molecule has 1 aromatic rings. The molecule has 1 fully saturated rings. The first-order valence-electron chi connectivity index (χ1n) is 6.53. The molecule has 0 aliphatic carbocycles. The molecule has 1 saturated heterocycles. The zero-order valence-electron chi connectivity index (χ0n) is 12.0. The van der Waals surface area contributed by atoms with Crippen molar-refractivity contribution in [2.24, 2.45) is 13.0 Å². The molecule has 19 heavy (non-hydrogen) atoms. The molecule has 0 radical (unpaired) electrons. The molecule has 0 saturated carbocycles. The van der Waals surface area contributed by atoms with Gasteiger partial charge in [0.05, 0.1) is 11.4 Å². The third-order valence-electron chi connectivity index (χ3n) is 3.78. The molecule has 0 aromatic carbocycles. The first kappa shape index (κ1) is 14.5. The van der Waals surface area contributed by atoms with E-state index in [1.165, 1.54) is 0 Å². The summed E-state index contributed by atoms with van der Waals surface area (Å²) in [5, 5.41) is 7.31. The van der Waals surface area contributed by atoms with Crippen molar-refractivity contribution < 1.29 is 8.42 Å². The number of nitrogens with zero attached hydrogens (tertiary/aromatic N) is 3. The van der Waals surface area contributed by atoms with E-state index in [0.717, 1.165) is 13.0 Å². The number of aromatic nitrogens is 2. The molecule has 1 N–H and O–H groups in total. The van der Waals surface area contributed by atoms with Gasteiger partial charge in [0.2, 0.25) is 10.0 Å². The summed E-state index contributed by atoms with van der Waals surface area (Å²) in [5.74, 6) is 0.400. The van der Waals surface area contributed by atoms with Crippen LogP contribution in [-0.4, -0.2) is 49.2 Å². The second-order valence-electron chi connectivity index (χ2n) is 5.20. The topological polar surface area (TPSA) is 67.2 Å². The molecule has 0 spiro atoms. The Hall–Kier alpha value is -0.920. The number of hydrogen-bond donors (Lipinski definition) is 1. The predicted molar refractivity (Wildman–Crippen MR) is 73.5 cm³/mol. The molecule has 1 aliphatic rings. The second-order valence-corrected chi connectivity index (χ2v) is 7.07. The van der Waals surface area contributed by atoms with Crippen molar-refractivity contribution in [2.75, 3.05) is 26.7 Å². The Kier molecular flexibility index (Phi) is 3.98. The Morgan fingerprint density at radius 2 is 2.11 bits per heavy atom. The summed E-state index contributed by atoms with van der Waals surface area (Å²) in [6.45, 7) is 5.60. The maximum Gasteiger partial charge on any atom is 0.246 e. The Balaban J connectivity index is 2.29. The standard InChI is InChI=1S/C12H22N4O2S/c1-9-12(10(2)15(4)14-9)19(17,18)16-6-5-11(8-16)7-13-3/h11,13H,5-8H2,1-4H3/t11-/m0/s1.